The highest BCUT2D eigenvalue weighted by Gasteiger charge is 2.15. The van der Waals surface area contributed by atoms with Crippen LogP contribution in [-0.2, 0) is 6.42 Å². The van der Waals surface area contributed by atoms with Crippen LogP contribution in [0.2, 0.25) is 5.02 Å². The maximum Gasteiger partial charge on any atom is 0.223 e. The minimum atomic E-state index is -0.316. The number of nitrogens with one attached hydrogen (secondary N) is 3. The highest BCUT2D eigenvalue weighted by atomic mass is 35.5. The van der Waals surface area contributed by atoms with Gasteiger partial charge in [0.2, 0.25) is 5.95 Å². The first kappa shape index (κ1) is 28.1. The van der Waals surface area contributed by atoms with Crippen molar-refractivity contribution in [3.63, 3.8) is 0 Å². The summed E-state index contributed by atoms with van der Waals surface area (Å²) in [4.78, 5) is 10.3. The highest BCUT2D eigenvalue weighted by Crippen LogP contribution is 2.33. The van der Waals surface area contributed by atoms with Crippen molar-refractivity contribution in [2.75, 3.05) is 24.1 Å². The third-order valence-corrected chi connectivity index (χ3v) is 7.83. The Morgan fingerprint density at radius 2 is 1.76 bits per heavy atom. The van der Waals surface area contributed by atoms with E-state index < -0.39 is 0 Å². The van der Waals surface area contributed by atoms with E-state index in [0.29, 0.717) is 22.7 Å². The van der Waals surface area contributed by atoms with Crippen LogP contribution in [-0.4, -0.2) is 30.1 Å². The monoisotopic (exact) mass is 551 g/mol. The SMILES string of the molecule is CCc1cc(-c2ccc(NSc3ccccc3Cl)c(F)c2)cc2cnc(NC3CCCCC3)nc12.CNC. The van der Waals surface area contributed by atoms with Gasteiger partial charge in [-0.25, -0.2) is 14.4 Å². The predicted octanol–water partition coefficient (Wildman–Crippen LogP) is 8.35. The third-order valence-electron chi connectivity index (χ3n) is 6.49. The zero-order valence-electron chi connectivity index (χ0n) is 22.2. The fourth-order valence-corrected chi connectivity index (χ4v) is 5.52. The van der Waals surface area contributed by atoms with Crippen molar-refractivity contribution in [1.29, 1.82) is 0 Å². The molecule has 38 heavy (non-hydrogen) atoms. The summed E-state index contributed by atoms with van der Waals surface area (Å²) < 4.78 is 18.0. The Hall–Kier alpha value is -2.87. The second-order valence-corrected chi connectivity index (χ2v) is 10.7. The minimum Gasteiger partial charge on any atom is -0.351 e. The molecule has 1 aliphatic carbocycles. The molecule has 1 saturated carbocycles. The van der Waals surface area contributed by atoms with Gasteiger partial charge < -0.3 is 15.4 Å². The average Bonchev–Trinajstić information content (AvgIpc) is 2.93. The van der Waals surface area contributed by atoms with Crippen LogP contribution in [0, 0.1) is 5.82 Å². The maximum absolute atomic E-state index is 15.0. The van der Waals surface area contributed by atoms with Gasteiger partial charge in [-0.3, -0.25) is 0 Å². The molecule has 3 N–H and O–H groups in total. The molecule has 0 bridgehead atoms. The Morgan fingerprint density at radius 3 is 2.47 bits per heavy atom. The zero-order valence-corrected chi connectivity index (χ0v) is 23.7. The molecule has 0 amide bonds. The molecular weight excluding hydrogens is 517 g/mol. The minimum absolute atomic E-state index is 0.316. The first-order valence-corrected chi connectivity index (χ1v) is 14.3. The number of fused-ring (bicyclic) bond motifs is 1. The Balaban J connectivity index is 0.00000107. The van der Waals surface area contributed by atoms with Crippen LogP contribution in [0.15, 0.2) is 65.7 Å². The van der Waals surface area contributed by atoms with Crippen molar-refractivity contribution < 1.29 is 4.39 Å². The van der Waals surface area contributed by atoms with E-state index in [4.69, 9.17) is 16.6 Å². The number of rotatable bonds is 7. The Labute approximate surface area is 234 Å². The summed E-state index contributed by atoms with van der Waals surface area (Å²) in [5, 5.41) is 7.87. The van der Waals surface area contributed by atoms with E-state index in [0.717, 1.165) is 38.9 Å². The Kier molecular flexibility index (Phi) is 10.2. The standard InChI is InChI=1S/C28H28ClFN4S.C2H7N/c1-2-18-14-20(15-21-17-31-28(33-27(18)21)32-22-8-4-3-5-9-22)19-12-13-25(24(30)16-19)34-35-26-11-7-6-10-23(26)29;1-3-2/h6-7,10-17,22,34H,2-5,8-9H2,1H3,(H,31,32,33);3H,1-2H3. The summed E-state index contributed by atoms with van der Waals surface area (Å²) >= 11 is 7.49. The molecule has 3 aromatic carbocycles. The second-order valence-electron chi connectivity index (χ2n) is 9.43. The van der Waals surface area contributed by atoms with Crippen LogP contribution >= 0.6 is 23.5 Å². The molecule has 0 atom stereocenters. The highest BCUT2D eigenvalue weighted by molar-refractivity contribution is 8.00. The molecule has 5 rings (SSSR count). The van der Waals surface area contributed by atoms with Gasteiger partial charge in [0.1, 0.15) is 5.82 Å². The molecule has 0 radical (unpaired) electrons. The number of hydrogen-bond acceptors (Lipinski definition) is 6. The lowest BCUT2D eigenvalue weighted by molar-refractivity contribution is 0.461. The summed E-state index contributed by atoms with van der Waals surface area (Å²) in [7, 11) is 3.75. The molecular formula is C30H35ClFN5S. The molecule has 0 aliphatic heterocycles. The Morgan fingerprint density at radius 1 is 1.00 bits per heavy atom. The summed E-state index contributed by atoms with van der Waals surface area (Å²) in [6, 6.07) is 17.3. The van der Waals surface area contributed by atoms with Crippen LogP contribution in [0.3, 0.4) is 0 Å². The number of aromatic nitrogens is 2. The fourth-order valence-electron chi connectivity index (χ4n) is 4.57. The third kappa shape index (κ3) is 7.16. The lowest BCUT2D eigenvalue weighted by Crippen LogP contribution is -2.23. The predicted molar refractivity (Wildman–Crippen MR) is 161 cm³/mol. The van der Waals surface area contributed by atoms with Crippen molar-refractivity contribution in [3.8, 4) is 11.1 Å². The van der Waals surface area contributed by atoms with Crippen molar-refractivity contribution in [2.45, 2.75) is 56.4 Å². The van der Waals surface area contributed by atoms with Crippen LogP contribution in [0.1, 0.15) is 44.6 Å². The fraction of sp³-hybridized carbons (Fsp3) is 0.333. The largest absolute Gasteiger partial charge is 0.351 e. The van der Waals surface area contributed by atoms with Crippen molar-refractivity contribution >= 4 is 46.1 Å². The molecule has 0 saturated heterocycles. The van der Waals surface area contributed by atoms with E-state index in [1.54, 1.807) is 12.1 Å². The van der Waals surface area contributed by atoms with Crippen molar-refractivity contribution in [2.24, 2.45) is 0 Å². The molecule has 0 spiro atoms. The quantitative estimate of drug-likeness (QED) is 0.201. The summed E-state index contributed by atoms with van der Waals surface area (Å²) in [6.45, 7) is 2.12. The molecule has 4 aromatic rings. The lowest BCUT2D eigenvalue weighted by Gasteiger charge is -2.22. The van der Waals surface area contributed by atoms with Crippen molar-refractivity contribution in [3.05, 3.63) is 77.2 Å². The topological polar surface area (TPSA) is 61.9 Å². The number of aryl methyl sites for hydroxylation is 1. The molecule has 8 heteroatoms. The molecule has 0 unspecified atom stereocenters. The lowest BCUT2D eigenvalue weighted by atomic mass is 9.96. The zero-order chi connectivity index (χ0) is 26.9. The van der Waals surface area contributed by atoms with Crippen LogP contribution in [0.5, 0.6) is 0 Å². The normalized spacial score (nSPS) is 13.6. The summed E-state index contributed by atoms with van der Waals surface area (Å²) in [5.41, 5.74) is 4.27. The van der Waals surface area contributed by atoms with E-state index in [9.17, 15) is 4.39 Å². The van der Waals surface area contributed by atoms with E-state index >= 15 is 0 Å². The summed E-state index contributed by atoms with van der Waals surface area (Å²) in [5.74, 6) is 0.382. The van der Waals surface area contributed by atoms with Gasteiger partial charge in [-0.05, 0) is 98.4 Å². The average molecular weight is 552 g/mol. The van der Waals surface area contributed by atoms with Gasteiger partial charge in [-0.15, -0.1) is 0 Å². The van der Waals surface area contributed by atoms with Gasteiger partial charge in [-0.1, -0.05) is 56.0 Å². The van der Waals surface area contributed by atoms with Crippen LogP contribution < -0.4 is 15.4 Å². The molecule has 5 nitrogen and oxygen atoms in total. The van der Waals surface area contributed by atoms with Crippen molar-refractivity contribution in [1.82, 2.24) is 15.3 Å². The number of benzene rings is 3. The van der Waals surface area contributed by atoms with E-state index in [-0.39, 0.29) is 5.82 Å². The van der Waals surface area contributed by atoms with E-state index in [2.05, 4.69) is 33.3 Å². The molecule has 1 aliphatic rings. The summed E-state index contributed by atoms with van der Waals surface area (Å²) in [6.07, 6.45) is 8.90. The second kappa shape index (κ2) is 13.8. The van der Waals surface area contributed by atoms with Crippen LogP contribution in [0.25, 0.3) is 22.0 Å². The Bertz CT molecular complexity index is 1360. The molecule has 1 fully saturated rings. The number of hydrogen-bond donors (Lipinski definition) is 3. The van der Waals surface area contributed by atoms with Gasteiger partial charge in [0.15, 0.2) is 0 Å². The van der Waals surface area contributed by atoms with Crippen LogP contribution in [0.4, 0.5) is 16.0 Å². The number of nitrogens with zero attached hydrogens (tertiary/aromatic N) is 2. The first-order valence-electron chi connectivity index (χ1n) is 13.1. The smallest absolute Gasteiger partial charge is 0.223 e. The number of anilines is 2. The van der Waals surface area contributed by atoms with Gasteiger partial charge in [0, 0.05) is 22.5 Å². The van der Waals surface area contributed by atoms with Gasteiger partial charge >= 0.3 is 0 Å². The number of halogens is 2. The maximum atomic E-state index is 15.0. The molecule has 200 valence electrons. The molecule has 1 aromatic heterocycles. The van der Waals surface area contributed by atoms with E-state index in [1.807, 2.05) is 56.7 Å². The molecule has 1 heterocycles. The van der Waals surface area contributed by atoms with Gasteiger partial charge in [-0.2, -0.15) is 0 Å². The van der Waals surface area contributed by atoms with E-state index in [1.165, 1.54) is 44.1 Å². The van der Waals surface area contributed by atoms with Gasteiger partial charge in [0.05, 0.1) is 16.2 Å². The first-order chi connectivity index (χ1) is 18.5. The van der Waals surface area contributed by atoms with Gasteiger partial charge in [0.25, 0.3) is 0 Å².